The van der Waals surface area contributed by atoms with Crippen LogP contribution < -0.4 is 14.8 Å². The Kier molecular flexibility index (Phi) is 7.15. The molecule has 33 heavy (non-hydrogen) atoms. The highest BCUT2D eigenvalue weighted by atomic mass is 79.9. The van der Waals surface area contributed by atoms with Crippen LogP contribution in [0.2, 0.25) is 0 Å². The fourth-order valence-electron chi connectivity index (χ4n) is 3.41. The molecule has 0 aliphatic carbocycles. The first-order chi connectivity index (χ1) is 15.9. The smallest absolute Gasteiger partial charge is 0.286 e. The van der Waals surface area contributed by atoms with E-state index in [1.807, 2.05) is 43.3 Å². The lowest BCUT2D eigenvalue weighted by atomic mass is 10.1. The van der Waals surface area contributed by atoms with Gasteiger partial charge in [-0.1, -0.05) is 42.5 Å². The number of rotatable bonds is 6. The minimum absolute atomic E-state index is 0.274. The van der Waals surface area contributed by atoms with E-state index in [9.17, 15) is 9.59 Å². The van der Waals surface area contributed by atoms with Crippen LogP contribution in [0.4, 0.5) is 0 Å². The summed E-state index contributed by atoms with van der Waals surface area (Å²) in [4.78, 5) is 27.7. The first-order valence-electron chi connectivity index (χ1n) is 10.3. The van der Waals surface area contributed by atoms with E-state index in [0.717, 1.165) is 33.7 Å². The number of hydrogen-bond donors (Lipinski definition) is 1. The molecule has 0 aromatic heterocycles. The lowest BCUT2D eigenvalue weighted by Crippen LogP contribution is -2.23. The van der Waals surface area contributed by atoms with Crippen molar-refractivity contribution in [2.75, 3.05) is 6.61 Å². The maximum atomic E-state index is 12.2. The molecule has 0 bridgehead atoms. The van der Waals surface area contributed by atoms with Crippen molar-refractivity contribution in [1.82, 2.24) is 5.32 Å². The second-order valence-electron chi connectivity index (χ2n) is 7.20. The average molecular weight is 525 g/mol. The van der Waals surface area contributed by atoms with E-state index in [0.29, 0.717) is 34.1 Å². The summed E-state index contributed by atoms with van der Waals surface area (Å²) in [6.07, 6.45) is 1.72. The molecular formula is C25H21BrN2O4S. The first kappa shape index (κ1) is 23.1. The lowest BCUT2D eigenvalue weighted by Gasteiger charge is -2.16. The minimum Gasteiger partial charge on any atom is -0.490 e. The van der Waals surface area contributed by atoms with Crippen LogP contribution in [0.5, 0.6) is 11.5 Å². The summed E-state index contributed by atoms with van der Waals surface area (Å²) in [5.74, 6) is 0.489. The fraction of sp³-hybridized carbons (Fsp3) is 0.160. The Morgan fingerprint density at radius 3 is 2.73 bits per heavy atom. The molecule has 3 aromatic rings. The molecular weight excluding hydrogens is 504 g/mol. The van der Waals surface area contributed by atoms with Crippen LogP contribution in [-0.2, 0) is 16.2 Å². The van der Waals surface area contributed by atoms with E-state index in [1.165, 1.54) is 6.92 Å². The quantitative estimate of drug-likeness (QED) is 0.419. The van der Waals surface area contributed by atoms with Crippen molar-refractivity contribution in [3.05, 3.63) is 75.1 Å². The van der Waals surface area contributed by atoms with E-state index in [4.69, 9.17) is 9.47 Å². The van der Waals surface area contributed by atoms with E-state index in [-0.39, 0.29) is 11.1 Å². The predicted molar refractivity (Wildman–Crippen MR) is 135 cm³/mol. The van der Waals surface area contributed by atoms with Crippen molar-refractivity contribution < 1.29 is 19.1 Å². The highest BCUT2D eigenvalue weighted by Crippen LogP contribution is 2.39. The second-order valence-corrected chi connectivity index (χ2v) is 9.09. The van der Waals surface area contributed by atoms with Gasteiger partial charge >= 0.3 is 0 Å². The van der Waals surface area contributed by atoms with Crippen LogP contribution in [0, 0.1) is 0 Å². The van der Waals surface area contributed by atoms with Crippen LogP contribution in [0.15, 0.2) is 69.0 Å². The summed E-state index contributed by atoms with van der Waals surface area (Å²) in [6.45, 7) is 4.11. The number of ether oxygens (including phenoxy) is 2. The third kappa shape index (κ3) is 5.46. The van der Waals surface area contributed by atoms with Gasteiger partial charge in [-0.2, -0.15) is 4.99 Å². The zero-order valence-corrected chi connectivity index (χ0v) is 20.5. The first-order valence-corrected chi connectivity index (χ1v) is 11.9. The number of amidine groups is 1. The van der Waals surface area contributed by atoms with Crippen molar-refractivity contribution >= 4 is 61.5 Å². The van der Waals surface area contributed by atoms with Crippen molar-refractivity contribution in [3.63, 3.8) is 0 Å². The van der Waals surface area contributed by atoms with Crippen molar-refractivity contribution in [2.45, 2.75) is 20.5 Å². The van der Waals surface area contributed by atoms with Gasteiger partial charge < -0.3 is 14.8 Å². The van der Waals surface area contributed by atoms with Crippen LogP contribution in [0.25, 0.3) is 16.8 Å². The number of aliphatic imine (C=N–C) groups is 1. The SMILES string of the molecule is CCOc1cc(/C=C2/SC(NC(C)=O)=NC2=O)cc(Br)c1OCc1cccc2ccccc12. The monoisotopic (exact) mass is 524 g/mol. The molecule has 1 N–H and O–H groups in total. The van der Waals surface area contributed by atoms with Gasteiger partial charge in [-0.15, -0.1) is 0 Å². The van der Waals surface area contributed by atoms with Gasteiger partial charge in [0, 0.05) is 6.92 Å². The van der Waals surface area contributed by atoms with Crippen LogP contribution in [0.1, 0.15) is 25.0 Å². The summed E-state index contributed by atoms with van der Waals surface area (Å²) in [5.41, 5.74) is 1.82. The summed E-state index contributed by atoms with van der Waals surface area (Å²) >= 11 is 4.71. The number of thioether (sulfide) groups is 1. The molecule has 0 saturated heterocycles. The van der Waals surface area contributed by atoms with E-state index in [2.05, 4.69) is 44.4 Å². The van der Waals surface area contributed by atoms with Crippen molar-refractivity contribution in [3.8, 4) is 11.5 Å². The van der Waals surface area contributed by atoms with Crippen LogP contribution in [0.3, 0.4) is 0 Å². The molecule has 0 fully saturated rings. The Bertz CT molecular complexity index is 1300. The number of carbonyl (C=O) groups is 2. The molecule has 1 aliphatic heterocycles. The maximum absolute atomic E-state index is 12.2. The number of nitrogens with one attached hydrogen (secondary N) is 1. The Labute approximate surface area is 204 Å². The van der Waals surface area contributed by atoms with Crippen LogP contribution in [-0.4, -0.2) is 23.6 Å². The van der Waals surface area contributed by atoms with Gasteiger partial charge in [-0.05, 0) is 74.7 Å². The molecule has 1 heterocycles. The van der Waals surface area contributed by atoms with Gasteiger partial charge in [0.05, 0.1) is 16.0 Å². The molecule has 0 spiro atoms. The maximum Gasteiger partial charge on any atom is 0.286 e. The lowest BCUT2D eigenvalue weighted by molar-refractivity contribution is -0.117. The zero-order valence-electron chi connectivity index (χ0n) is 18.1. The summed E-state index contributed by atoms with van der Waals surface area (Å²) in [5, 5.41) is 5.12. The van der Waals surface area contributed by atoms with E-state index in [1.54, 1.807) is 6.08 Å². The van der Waals surface area contributed by atoms with Crippen LogP contribution >= 0.6 is 27.7 Å². The second kappa shape index (κ2) is 10.2. The van der Waals surface area contributed by atoms with Crippen molar-refractivity contribution in [2.24, 2.45) is 4.99 Å². The molecule has 6 nitrogen and oxygen atoms in total. The minimum atomic E-state index is -0.394. The van der Waals surface area contributed by atoms with Gasteiger partial charge in [0.15, 0.2) is 16.7 Å². The molecule has 168 valence electrons. The van der Waals surface area contributed by atoms with E-state index < -0.39 is 5.91 Å². The molecule has 8 heteroatoms. The standard InChI is InChI=1S/C25H21BrN2O4S/c1-3-31-21-12-16(13-22-24(30)28-25(33-22)27-15(2)29)11-20(26)23(21)32-14-18-9-6-8-17-7-4-5-10-19(17)18/h4-13H,3,14H2,1-2H3,(H,27,28,29,30)/b22-13+. The molecule has 0 atom stereocenters. The van der Waals surface area contributed by atoms with Gasteiger partial charge in [0.25, 0.3) is 5.91 Å². The van der Waals surface area contributed by atoms with Gasteiger partial charge in [-0.3, -0.25) is 9.59 Å². The number of halogens is 1. The molecule has 2 amide bonds. The largest absolute Gasteiger partial charge is 0.490 e. The molecule has 0 unspecified atom stereocenters. The Morgan fingerprint density at radius 1 is 1.15 bits per heavy atom. The molecule has 0 radical (unpaired) electrons. The number of benzene rings is 3. The third-order valence-electron chi connectivity index (χ3n) is 4.78. The Balaban J connectivity index is 1.59. The number of nitrogens with zero attached hydrogens (tertiary/aromatic N) is 1. The number of carbonyl (C=O) groups excluding carboxylic acids is 2. The molecule has 4 rings (SSSR count). The fourth-order valence-corrected chi connectivity index (χ4v) is 4.84. The zero-order chi connectivity index (χ0) is 23.4. The van der Waals surface area contributed by atoms with E-state index >= 15 is 0 Å². The molecule has 1 aliphatic rings. The summed E-state index contributed by atoms with van der Waals surface area (Å²) < 4.78 is 12.7. The highest BCUT2D eigenvalue weighted by molar-refractivity contribution is 9.10. The Hall–Kier alpha value is -3.10. The Morgan fingerprint density at radius 2 is 1.94 bits per heavy atom. The van der Waals surface area contributed by atoms with Gasteiger partial charge in [-0.25, -0.2) is 0 Å². The average Bonchev–Trinajstić information content (AvgIpc) is 3.11. The topological polar surface area (TPSA) is 77.0 Å². The predicted octanol–water partition coefficient (Wildman–Crippen LogP) is 5.69. The highest BCUT2D eigenvalue weighted by Gasteiger charge is 2.23. The normalized spacial score (nSPS) is 14.5. The van der Waals surface area contributed by atoms with Gasteiger partial charge in [0.1, 0.15) is 6.61 Å². The summed E-state index contributed by atoms with van der Waals surface area (Å²) in [6, 6.07) is 18.0. The molecule has 3 aromatic carbocycles. The number of fused-ring (bicyclic) bond motifs is 1. The number of amides is 2. The molecule has 0 saturated carbocycles. The van der Waals surface area contributed by atoms with Crippen molar-refractivity contribution in [1.29, 1.82) is 0 Å². The number of hydrogen-bond acceptors (Lipinski definition) is 5. The third-order valence-corrected chi connectivity index (χ3v) is 6.27. The summed E-state index contributed by atoms with van der Waals surface area (Å²) in [7, 11) is 0. The van der Waals surface area contributed by atoms with Gasteiger partial charge in [0.2, 0.25) is 5.91 Å².